The van der Waals surface area contributed by atoms with Crippen molar-refractivity contribution in [1.29, 1.82) is 0 Å². The van der Waals surface area contributed by atoms with Gasteiger partial charge in [0.2, 0.25) is 5.91 Å². The van der Waals surface area contributed by atoms with Crippen LogP contribution in [0.15, 0.2) is 45.5 Å². The number of rotatable bonds is 7. The average molecular weight is 434 g/mol. The lowest BCUT2D eigenvalue weighted by atomic mass is 10.1. The normalized spacial score (nSPS) is 14.3. The highest BCUT2D eigenvalue weighted by Gasteiger charge is 2.15. The fourth-order valence-electron chi connectivity index (χ4n) is 3.07. The number of likely N-dealkylation sites (N-methyl/N-ethyl adjacent to an activating group) is 1. The molecule has 7 heteroatoms. The molecule has 1 fully saturated rings. The molecule has 0 radical (unpaired) electrons. The predicted octanol–water partition coefficient (Wildman–Crippen LogP) is 3.39. The number of furan rings is 1. The second-order valence-corrected chi connectivity index (χ2v) is 7.58. The van der Waals surface area contributed by atoms with Crippen LogP contribution in [0.4, 0.5) is 5.69 Å². The molecule has 2 heterocycles. The summed E-state index contributed by atoms with van der Waals surface area (Å²) < 4.78 is 5.74. The van der Waals surface area contributed by atoms with Gasteiger partial charge in [-0.15, -0.1) is 0 Å². The van der Waals surface area contributed by atoms with Gasteiger partial charge in [-0.05, 0) is 71.7 Å². The molecule has 1 aromatic carbocycles. The summed E-state index contributed by atoms with van der Waals surface area (Å²) in [6.45, 7) is 3.98. The number of likely N-dealkylation sites (tertiary alicyclic amines) is 1. The molecule has 0 aliphatic carbocycles. The van der Waals surface area contributed by atoms with Crippen LogP contribution in [0.5, 0.6) is 0 Å². The third-order valence-electron chi connectivity index (χ3n) is 4.74. The molecular weight excluding hydrogens is 410 g/mol. The van der Waals surface area contributed by atoms with Crippen LogP contribution in [0.2, 0.25) is 0 Å². The number of nitrogens with zero attached hydrogens (tertiary/aromatic N) is 2. The first-order valence-electron chi connectivity index (χ1n) is 9.13. The van der Waals surface area contributed by atoms with Gasteiger partial charge < -0.3 is 19.5 Å². The second kappa shape index (κ2) is 9.19. The van der Waals surface area contributed by atoms with E-state index in [9.17, 15) is 9.59 Å². The van der Waals surface area contributed by atoms with Crippen molar-refractivity contribution in [3.8, 4) is 0 Å². The Kier molecular flexibility index (Phi) is 6.68. The third-order valence-corrected chi connectivity index (χ3v) is 5.17. The van der Waals surface area contributed by atoms with Gasteiger partial charge in [0.15, 0.2) is 10.4 Å². The summed E-state index contributed by atoms with van der Waals surface area (Å²) in [5, 5.41) is 2.77. The van der Waals surface area contributed by atoms with E-state index in [1.54, 1.807) is 29.2 Å². The molecule has 144 valence electrons. The van der Waals surface area contributed by atoms with Crippen molar-refractivity contribution in [2.24, 2.45) is 0 Å². The second-order valence-electron chi connectivity index (χ2n) is 6.80. The van der Waals surface area contributed by atoms with Gasteiger partial charge in [0.05, 0.1) is 6.42 Å². The van der Waals surface area contributed by atoms with Crippen molar-refractivity contribution in [3.63, 3.8) is 0 Å². The van der Waals surface area contributed by atoms with E-state index < -0.39 is 0 Å². The summed E-state index contributed by atoms with van der Waals surface area (Å²) in [6, 6.07) is 10.6. The molecule has 0 bridgehead atoms. The van der Waals surface area contributed by atoms with Crippen molar-refractivity contribution >= 4 is 33.4 Å². The van der Waals surface area contributed by atoms with Crippen molar-refractivity contribution in [2.75, 3.05) is 38.5 Å². The molecule has 0 unspecified atom stereocenters. The molecule has 1 N–H and O–H groups in total. The molecule has 1 aliphatic rings. The maximum atomic E-state index is 12.4. The van der Waals surface area contributed by atoms with E-state index in [-0.39, 0.29) is 17.6 Å². The topological polar surface area (TPSA) is 65.8 Å². The number of hydrogen-bond donors (Lipinski definition) is 1. The fourth-order valence-corrected chi connectivity index (χ4v) is 3.37. The predicted molar refractivity (Wildman–Crippen MR) is 108 cm³/mol. The van der Waals surface area contributed by atoms with Crippen LogP contribution in [0.25, 0.3) is 0 Å². The van der Waals surface area contributed by atoms with E-state index >= 15 is 0 Å². The highest BCUT2D eigenvalue weighted by atomic mass is 79.9. The number of hydrogen-bond acceptors (Lipinski definition) is 4. The average Bonchev–Trinajstić information content (AvgIpc) is 3.33. The Morgan fingerprint density at radius 1 is 1.15 bits per heavy atom. The Morgan fingerprint density at radius 3 is 2.48 bits per heavy atom. The first-order valence-corrected chi connectivity index (χ1v) is 9.92. The molecule has 0 atom stereocenters. The molecule has 1 aliphatic heterocycles. The Bertz CT molecular complexity index is 782. The molecule has 0 spiro atoms. The smallest absolute Gasteiger partial charge is 0.291 e. The number of nitrogens with one attached hydrogen (secondary N) is 1. The maximum Gasteiger partial charge on any atom is 0.291 e. The minimum Gasteiger partial charge on any atom is -0.444 e. The summed E-state index contributed by atoms with van der Waals surface area (Å²) in [5.74, 6) is 0.0262. The van der Waals surface area contributed by atoms with E-state index in [0.717, 1.165) is 31.7 Å². The van der Waals surface area contributed by atoms with Crippen molar-refractivity contribution in [3.05, 3.63) is 52.4 Å². The number of halogens is 1. The lowest BCUT2D eigenvalue weighted by Gasteiger charge is -2.21. The van der Waals surface area contributed by atoms with E-state index in [0.29, 0.717) is 16.8 Å². The zero-order valence-corrected chi connectivity index (χ0v) is 17.0. The summed E-state index contributed by atoms with van der Waals surface area (Å²) in [7, 11) is 1.86. The van der Waals surface area contributed by atoms with Crippen molar-refractivity contribution in [1.82, 2.24) is 9.80 Å². The van der Waals surface area contributed by atoms with Crippen LogP contribution in [0.1, 0.15) is 29.0 Å². The molecule has 2 aromatic rings. The molecular formula is C20H24BrN3O3. The van der Waals surface area contributed by atoms with Gasteiger partial charge in [-0.1, -0.05) is 12.1 Å². The van der Waals surface area contributed by atoms with Crippen LogP contribution in [0.3, 0.4) is 0 Å². The first-order chi connectivity index (χ1) is 13.0. The fraction of sp³-hybridized carbons (Fsp3) is 0.400. The summed E-state index contributed by atoms with van der Waals surface area (Å²) in [5.41, 5.74) is 1.58. The van der Waals surface area contributed by atoms with Crippen LogP contribution < -0.4 is 5.32 Å². The molecule has 3 rings (SSSR count). The van der Waals surface area contributed by atoms with Gasteiger partial charge in [-0.25, -0.2) is 0 Å². The first kappa shape index (κ1) is 19.6. The zero-order chi connectivity index (χ0) is 19.2. The Balaban J connectivity index is 1.47. The Hall–Kier alpha value is -2.12. The third kappa shape index (κ3) is 5.68. The monoisotopic (exact) mass is 433 g/mol. The van der Waals surface area contributed by atoms with E-state index in [2.05, 4.69) is 26.1 Å². The van der Waals surface area contributed by atoms with E-state index in [4.69, 9.17) is 4.42 Å². The SMILES string of the molecule is CN(CCN1CCCC1)C(=O)Cc1ccc(NC(=O)c2ccc(Br)o2)cc1. The molecule has 2 amide bonds. The van der Waals surface area contributed by atoms with E-state index in [1.165, 1.54) is 12.8 Å². The highest BCUT2D eigenvalue weighted by Crippen LogP contribution is 2.17. The Labute approximate surface area is 167 Å². The van der Waals surface area contributed by atoms with Gasteiger partial charge in [-0.2, -0.15) is 0 Å². The quantitative estimate of drug-likeness (QED) is 0.726. The number of benzene rings is 1. The van der Waals surface area contributed by atoms with Crippen LogP contribution in [-0.2, 0) is 11.2 Å². The molecule has 1 aromatic heterocycles. The van der Waals surface area contributed by atoms with E-state index in [1.807, 2.05) is 19.2 Å². The van der Waals surface area contributed by atoms with Crippen LogP contribution in [0, 0.1) is 0 Å². The minimum atomic E-state index is -0.314. The number of amides is 2. The Morgan fingerprint density at radius 2 is 1.85 bits per heavy atom. The minimum absolute atomic E-state index is 0.103. The summed E-state index contributed by atoms with van der Waals surface area (Å²) >= 11 is 3.17. The van der Waals surface area contributed by atoms with Crippen molar-refractivity contribution in [2.45, 2.75) is 19.3 Å². The van der Waals surface area contributed by atoms with Crippen LogP contribution in [-0.4, -0.2) is 54.8 Å². The summed E-state index contributed by atoms with van der Waals surface area (Å²) in [4.78, 5) is 28.7. The van der Waals surface area contributed by atoms with Gasteiger partial charge in [0.25, 0.3) is 5.91 Å². The van der Waals surface area contributed by atoms with Gasteiger partial charge in [-0.3, -0.25) is 9.59 Å². The van der Waals surface area contributed by atoms with Crippen LogP contribution >= 0.6 is 15.9 Å². The van der Waals surface area contributed by atoms with Gasteiger partial charge in [0, 0.05) is 25.8 Å². The maximum absolute atomic E-state index is 12.4. The number of anilines is 1. The number of carbonyl (C=O) groups excluding carboxylic acids is 2. The number of carbonyl (C=O) groups is 2. The molecule has 6 nitrogen and oxygen atoms in total. The largest absolute Gasteiger partial charge is 0.444 e. The van der Waals surface area contributed by atoms with Gasteiger partial charge in [0.1, 0.15) is 0 Å². The molecule has 27 heavy (non-hydrogen) atoms. The molecule has 1 saturated heterocycles. The molecule has 0 saturated carbocycles. The van der Waals surface area contributed by atoms with Gasteiger partial charge >= 0.3 is 0 Å². The van der Waals surface area contributed by atoms with Crippen molar-refractivity contribution < 1.29 is 14.0 Å². The summed E-state index contributed by atoms with van der Waals surface area (Å²) in [6.07, 6.45) is 2.88. The lowest BCUT2D eigenvalue weighted by molar-refractivity contribution is -0.129. The lowest BCUT2D eigenvalue weighted by Crippen LogP contribution is -2.35. The zero-order valence-electron chi connectivity index (χ0n) is 15.4. The standard InChI is InChI=1S/C20H24BrN3O3/c1-23(12-13-24-10-2-3-11-24)19(25)14-15-4-6-16(7-5-15)22-20(26)17-8-9-18(21)27-17/h4-9H,2-3,10-14H2,1H3,(H,22,26). The highest BCUT2D eigenvalue weighted by molar-refractivity contribution is 9.10.